The van der Waals surface area contributed by atoms with Gasteiger partial charge in [-0.3, -0.25) is 0 Å². The molecule has 15 heavy (non-hydrogen) atoms. The average Bonchev–Trinajstić information content (AvgIpc) is 3.04. The highest BCUT2D eigenvalue weighted by molar-refractivity contribution is 6.35. The minimum absolute atomic E-state index is 0.696. The van der Waals surface area contributed by atoms with E-state index in [0.29, 0.717) is 10.0 Å². The zero-order valence-corrected chi connectivity index (χ0v) is 9.91. The van der Waals surface area contributed by atoms with Crippen molar-refractivity contribution < 1.29 is 0 Å². The van der Waals surface area contributed by atoms with Gasteiger partial charge in [-0.15, -0.1) is 0 Å². The van der Waals surface area contributed by atoms with Gasteiger partial charge in [0.05, 0.1) is 0 Å². The molecule has 3 heteroatoms. The first kappa shape index (κ1) is 9.80. The fourth-order valence-corrected chi connectivity index (χ4v) is 2.92. The highest BCUT2D eigenvalue weighted by Gasteiger charge is 2.61. The van der Waals surface area contributed by atoms with Crippen LogP contribution in [0.3, 0.4) is 0 Å². The van der Waals surface area contributed by atoms with E-state index in [0.717, 1.165) is 23.6 Å². The van der Waals surface area contributed by atoms with Crippen LogP contribution >= 0.6 is 23.2 Å². The maximum absolute atomic E-state index is 5.92. The summed E-state index contributed by atoms with van der Waals surface area (Å²) in [6, 6.07) is 5.61. The van der Waals surface area contributed by atoms with Crippen LogP contribution in [0, 0.1) is 11.3 Å². The van der Waals surface area contributed by atoms with Crippen molar-refractivity contribution in [3.05, 3.63) is 28.2 Å². The molecule has 1 spiro atoms. The SMILES string of the molecule is Clc1cc(Cl)cc(NCC2CC23CC3)c1. The summed E-state index contributed by atoms with van der Waals surface area (Å²) in [5.41, 5.74) is 1.80. The van der Waals surface area contributed by atoms with Crippen LogP contribution in [-0.4, -0.2) is 6.54 Å². The molecule has 3 rings (SSSR count). The van der Waals surface area contributed by atoms with E-state index in [9.17, 15) is 0 Å². The Bertz CT molecular complexity index is 378. The molecule has 2 aliphatic carbocycles. The van der Waals surface area contributed by atoms with Crippen molar-refractivity contribution in [3.8, 4) is 0 Å². The minimum Gasteiger partial charge on any atom is -0.385 e. The summed E-state index contributed by atoms with van der Waals surface area (Å²) in [5.74, 6) is 0.884. The summed E-state index contributed by atoms with van der Waals surface area (Å²) in [4.78, 5) is 0. The smallest absolute Gasteiger partial charge is 0.0441 e. The lowest BCUT2D eigenvalue weighted by Crippen LogP contribution is -2.04. The van der Waals surface area contributed by atoms with E-state index in [1.807, 2.05) is 12.1 Å². The van der Waals surface area contributed by atoms with E-state index in [-0.39, 0.29) is 0 Å². The first-order valence-electron chi connectivity index (χ1n) is 5.38. The minimum atomic E-state index is 0.696. The zero-order chi connectivity index (χ0) is 10.5. The zero-order valence-electron chi connectivity index (χ0n) is 8.39. The molecule has 80 valence electrons. The maximum Gasteiger partial charge on any atom is 0.0441 e. The molecule has 1 nitrogen and oxygen atoms in total. The van der Waals surface area contributed by atoms with Crippen LogP contribution in [-0.2, 0) is 0 Å². The Labute approximate surface area is 99.8 Å². The van der Waals surface area contributed by atoms with Gasteiger partial charge >= 0.3 is 0 Å². The summed E-state index contributed by atoms with van der Waals surface area (Å²) in [5, 5.41) is 4.81. The van der Waals surface area contributed by atoms with Gasteiger partial charge < -0.3 is 5.32 Å². The van der Waals surface area contributed by atoms with E-state index >= 15 is 0 Å². The molecule has 1 N–H and O–H groups in total. The Morgan fingerprint density at radius 3 is 2.40 bits per heavy atom. The number of nitrogens with one attached hydrogen (secondary N) is 1. The molecule has 1 atom stereocenters. The fraction of sp³-hybridized carbons (Fsp3) is 0.500. The average molecular weight is 242 g/mol. The number of rotatable bonds is 3. The van der Waals surface area contributed by atoms with Gasteiger partial charge in [0.15, 0.2) is 0 Å². The van der Waals surface area contributed by atoms with Crippen molar-refractivity contribution in [3.63, 3.8) is 0 Å². The lowest BCUT2D eigenvalue weighted by molar-refractivity contribution is 0.736. The predicted octanol–water partition coefficient (Wildman–Crippen LogP) is 4.21. The van der Waals surface area contributed by atoms with Gasteiger partial charge in [0.25, 0.3) is 0 Å². The summed E-state index contributed by atoms with van der Waals surface area (Å²) < 4.78 is 0. The summed E-state index contributed by atoms with van der Waals surface area (Å²) in [7, 11) is 0. The van der Waals surface area contributed by atoms with Crippen molar-refractivity contribution in [2.45, 2.75) is 19.3 Å². The predicted molar refractivity (Wildman–Crippen MR) is 64.7 cm³/mol. The molecule has 0 heterocycles. The number of hydrogen-bond donors (Lipinski definition) is 1. The third-order valence-corrected chi connectivity index (χ3v) is 4.10. The molecule has 0 aliphatic heterocycles. The van der Waals surface area contributed by atoms with Crippen molar-refractivity contribution in [1.29, 1.82) is 0 Å². The lowest BCUT2D eigenvalue weighted by Gasteiger charge is -2.06. The van der Waals surface area contributed by atoms with Gasteiger partial charge in [-0.05, 0) is 48.8 Å². The molecule has 0 bridgehead atoms. The monoisotopic (exact) mass is 241 g/mol. The summed E-state index contributed by atoms with van der Waals surface area (Å²) in [6.07, 6.45) is 4.29. The highest BCUT2D eigenvalue weighted by Crippen LogP contribution is 2.70. The first-order chi connectivity index (χ1) is 7.18. The van der Waals surface area contributed by atoms with Gasteiger partial charge in [0, 0.05) is 22.3 Å². The van der Waals surface area contributed by atoms with Crippen LogP contribution in [0.5, 0.6) is 0 Å². The fourth-order valence-electron chi connectivity index (χ4n) is 2.39. The van der Waals surface area contributed by atoms with Crippen molar-refractivity contribution in [1.82, 2.24) is 0 Å². The van der Waals surface area contributed by atoms with Crippen molar-refractivity contribution in [2.24, 2.45) is 11.3 Å². The molecule has 1 aromatic carbocycles. The Balaban J connectivity index is 1.61. The number of hydrogen-bond acceptors (Lipinski definition) is 1. The summed E-state index contributed by atoms with van der Waals surface area (Å²) in [6.45, 7) is 1.07. The normalized spacial score (nSPS) is 25.3. The molecule has 0 radical (unpaired) electrons. The Kier molecular flexibility index (Phi) is 2.15. The lowest BCUT2D eigenvalue weighted by atomic mass is 10.2. The molecular formula is C12H13Cl2N. The largest absolute Gasteiger partial charge is 0.385 e. The Morgan fingerprint density at radius 2 is 1.87 bits per heavy atom. The van der Waals surface area contributed by atoms with E-state index in [2.05, 4.69) is 5.32 Å². The van der Waals surface area contributed by atoms with Crippen LogP contribution in [0.25, 0.3) is 0 Å². The quantitative estimate of drug-likeness (QED) is 0.837. The van der Waals surface area contributed by atoms with Crippen LogP contribution in [0.2, 0.25) is 10.0 Å². The van der Waals surface area contributed by atoms with Crippen LogP contribution in [0.15, 0.2) is 18.2 Å². The van der Waals surface area contributed by atoms with E-state index in [4.69, 9.17) is 23.2 Å². The standard InChI is InChI=1S/C12H13Cl2N/c13-9-3-10(14)5-11(4-9)15-7-8-6-12(8)1-2-12/h3-5,8,15H,1-2,6-7H2. The Hall–Kier alpha value is -0.400. The van der Waals surface area contributed by atoms with E-state index < -0.39 is 0 Å². The van der Waals surface area contributed by atoms with E-state index in [1.165, 1.54) is 19.3 Å². The maximum atomic E-state index is 5.92. The third-order valence-electron chi connectivity index (χ3n) is 3.67. The highest BCUT2D eigenvalue weighted by atomic mass is 35.5. The van der Waals surface area contributed by atoms with E-state index in [1.54, 1.807) is 6.07 Å². The van der Waals surface area contributed by atoms with Gasteiger partial charge in [0.1, 0.15) is 0 Å². The topological polar surface area (TPSA) is 12.0 Å². The number of benzene rings is 1. The molecule has 1 unspecified atom stereocenters. The summed E-state index contributed by atoms with van der Waals surface area (Å²) >= 11 is 11.8. The van der Waals surface area contributed by atoms with Crippen LogP contribution in [0.4, 0.5) is 5.69 Å². The second-order valence-electron chi connectivity index (χ2n) is 4.80. The van der Waals surface area contributed by atoms with Gasteiger partial charge in [-0.1, -0.05) is 23.2 Å². The molecule has 2 fully saturated rings. The molecule has 0 saturated heterocycles. The molecule has 1 aromatic rings. The Morgan fingerprint density at radius 1 is 1.20 bits per heavy atom. The second kappa shape index (κ2) is 3.29. The van der Waals surface area contributed by atoms with Crippen LogP contribution < -0.4 is 5.32 Å². The van der Waals surface area contributed by atoms with Crippen molar-refractivity contribution in [2.75, 3.05) is 11.9 Å². The molecule has 2 saturated carbocycles. The molecule has 0 amide bonds. The van der Waals surface area contributed by atoms with Gasteiger partial charge in [0.2, 0.25) is 0 Å². The number of halogens is 2. The number of anilines is 1. The molecular weight excluding hydrogens is 229 g/mol. The van der Waals surface area contributed by atoms with Gasteiger partial charge in [-0.2, -0.15) is 0 Å². The third kappa shape index (κ3) is 1.95. The second-order valence-corrected chi connectivity index (χ2v) is 5.68. The van der Waals surface area contributed by atoms with Crippen molar-refractivity contribution >= 4 is 28.9 Å². The molecule has 0 aromatic heterocycles. The van der Waals surface area contributed by atoms with Crippen LogP contribution in [0.1, 0.15) is 19.3 Å². The molecule has 2 aliphatic rings. The van der Waals surface area contributed by atoms with Gasteiger partial charge in [-0.25, -0.2) is 0 Å². The first-order valence-corrected chi connectivity index (χ1v) is 6.14.